The number of pyridine rings is 1. The van der Waals surface area contributed by atoms with E-state index in [1.165, 1.54) is 30.5 Å². The summed E-state index contributed by atoms with van der Waals surface area (Å²) in [6.45, 7) is 3.25. The van der Waals surface area contributed by atoms with E-state index in [9.17, 15) is 23.1 Å². The summed E-state index contributed by atoms with van der Waals surface area (Å²) in [7, 11) is 0. The number of ether oxygens (including phenoxy) is 1. The van der Waals surface area contributed by atoms with E-state index in [0.717, 1.165) is 6.07 Å². The van der Waals surface area contributed by atoms with Gasteiger partial charge in [0.15, 0.2) is 0 Å². The number of halogens is 3. The molecule has 0 spiro atoms. The summed E-state index contributed by atoms with van der Waals surface area (Å²) in [5.74, 6) is -2.37. The fourth-order valence-electron chi connectivity index (χ4n) is 3.28. The molecule has 2 N–H and O–H groups in total. The third-order valence-electron chi connectivity index (χ3n) is 4.35. The van der Waals surface area contributed by atoms with Crippen molar-refractivity contribution >= 4 is 11.7 Å². The van der Waals surface area contributed by atoms with Crippen LogP contribution in [0.15, 0.2) is 47.8 Å². The first-order valence-corrected chi connectivity index (χ1v) is 8.24. The fourth-order valence-corrected chi connectivity index (χ4v) is 3.28. The minimum Gasteiger partial charge on any atom is -0.493 e. The van der Waals surface area contributed by atoms with Crippen molar-refractivity contribution in [1.82, 2.24) is 4.98 Å². The van der Waals surface area contributed by atoms with Crippen molar-refractivity contribution in [3.63, 3.8) is 0 Å². The van der Waals surface area contributed by atoms with Gasteiger partial charge in [-0.3, -0.25) is 0 Å². The maximum absolute atomic E-state index is 13.6. The lowest BCUT2D eigenvalue weighted by atomic mass is 9.79. The standard InChI is InChI=1S/C19H17F3N2O3/c1-3-27-18(26)14-10(2)24-13-8-9-23-17(25)16(13)15(14)11-6-4-5-7-12(11)19(20,21)22/h4-9,15,24H,3H2,1-2H3,(H,23,25)/t15-/m0/s1. The largest absolute Gasteiger partial charge is 0.493 e. The van der Waals surface area contributed by atoms with Crippen LogP contribution in [0.4, 0.5) is 18.9 Å². The molecule has 0 amide bonds. The summed E-state index contributed by atoms with van der Waals surface area (Å²) in [5, 5.41) is 13.2. The SMILES string of the molecule is CCOC(=O)C1=C(C)Nc2ccnc(O)c2[C@H]1c1ccccc1C(F)(F)F. The van der Waals surface area contributed by atoms with Crippen molar-refractivity contribution in [2.75, 3.05) is 11.9 Å². The van der Waals surface area contributed by atoms with Crippen molar-refractivity contribution < 1.29 is 27.8 Å². The maximum Gasteiger partial charge on any atom is 0.416 e. The molecule has 0 unspecified atom stereocenters. The molecule has 5 nitrogen and oxygen atoms in total. The lowest BCUT2D eigenvalue weighted by Gasteiger charge is -2.31. The average molecular weight is 378 g/mol. The van der Waals surface area contributed by atoms with Gasteiger partial charge in [0.2, 0.25) is 5.88 Å². The van der Waals surface area contributed by atoms with E-state index in [1.54, 1.807) is 13.8 Å². The number of esters is 1. The Labute approximate surface area is 153 Å². The lowest BCUT2D eigenvalue weighted by molar-refractivity contribution is -0.140. The molecular weight excluding hydrogens is 361 g/mol. The Bertz CT molecular complexity index is 923. The number of rotatable bonds is 3. The maximum atomic E-state index is 13.6. The van der Waals surface area contributed by atoms with Crippen LogP contribution in [0.3, 0.4) is 0 Å². The summed E-state index contributed by atoms with van der Waals surface area (Å²) in [6.07, 6.45) is -3.30. The highest BCUT2D eigenvalue weighted by atomic mass is 19.4. The van der Waals surface area contributed by atoms with Gasteiger partial charge in [-0.2, -0.15) is 13.2 Å². The minimum atomic E-state index is -4.63. The predicted molar refractivity (Wildman–Crippen MR) is 92.1 cm³/mol. The molecule has 27 heavy (non-hydrogen) atoms. The van der Waals surface area contributed by atoms with Gasteiger partial charge >= 0.3 is 12.1 Å². The van der Waals surface area contributed by atoms with Crippen LogP contribution in [0.5, 0.6) is 5.88 Å². The molecular formula is C19H17F3N2O3. The van der Waals surface area contributed by atoms with Crippen LogP contribution in [0.25, 0.3) is 0 Å². The van der Waals surface area contributed by atoms with E-state index in [1.807, 2.05) is 0 Å². The molecule has 8 heteroatoms. The van der Waals surface area contributed by atoms with Gasteiger partial charge < -0.3 is 15.2 Å². The molecule has 0 aliphatic carbocycles. The zero-order valence-electron chi connectivity index (χ0n) is 14.6. The number of nitrogens with one attached hydrogen (secondary N) is 1. The van der Waals surface area contributed by atoms with Crippen LogP contribution in [0, 0.1) is 0 Å². The first-order valence-electron chi connectivity index (χ1n) is 8.24. The van der Waals surface area contributed by atoms with Crippen molar-refractivity contribution in [2.24, 2.45) is 0 Å². The molecule has 0 radical (unpaired) electrons. The molecule has 1 aliphatic heterocycles. The second-order valence-electron chi connectivity index (χ2n) is 6.00. The van der Waals surface area contributed by atoms with Crippen molar-refractivity contribution in [1.29, 1.82) is 0 Å². The molecule has 0 fully saturated rings. The molecule has 3 rings (SSSR count). The number of carbonyl (C=O) groups is 1. The van der Waals surface area contributed by atoms with Gasteiger partial charge in [0, 0.05) is 23.1 Å². The Morgan fingerprint density at radius 2 is 2.00 bits per heavy atom. The molecule has 0 bridgehead atoms. The second kappa shape index (κ2) is 6.94. The number of fused-ring (bicyclic) bond motifs is 1. The number of nitrogens with zero attached hydrogens (tertiary/aromatic N) is 1. The summed E-state index contributed by atoms with van der Waals surface area (Å²) >= 11 is 0. The van der Waals surface area contributed by atoms with Gasteiger partial charge in [-0.1, -0.05) is 18.2 Å². The number of benzene rings is 1. The fraction of sp³-hybridized carbons (Fsp3) is 0.263. The smallest absolute Gasteiger partial charge is 0.416 e. The quantitative estimate of drug-likeness (QED) is 0.784. The zero-order valence-corrected chi connectivity index (χ0v) is 14.6. The Balaban J connectivity index is 2.32. The normalized spacial score (nSPS) is 16.6. The number of hydrogen-bond acceptors (Lipinski definition) is 5. The molecule has 2 heterocycles. The molecule has 142 valence electrons. The van der Waals surface area contributed by atoms with E-state index in [2.05, 4.69) is 10.3 Å². The van der Waals surface area contributed by atoms with Gasteiger partial charge in [-0.05, 0) is 31.5 Å². The van der Waals surface area contributed by atoms with E-state index in [4.69, 9.17) is 4.74 Å². The third kappa shape index (κ3) is 3.34. The monoisotopic (exact) mass is 378 g/mol. The molecule has 1 aromatic carbocycles. The van der Waals surface area contributed by atoms with Crippen LogP contribution in [-0.4, -0.2) is 22.7 Å². The Morgan fingerprint density at radius 1 is 1.30 bits per heavy atom. The number of carbonyl (C=O) groups excluding carboxylic acids is 1. The van der Waals surface area contributed by atoms with Gasteiger partial charge in [0.05, 0.1) is 23.7 Å². The first-order chi connectivity index (χ1) is 12.8. The van der Waals surface area contributed by atoms with Gasteiger partial charge in [0.1, 0.15) is 0 Å². The summed E-state index contributed by atoms with van der Waals surface area (Å²) in [4.78, 5) is 16.4. The van der Waals surface area contributed by atoms with Crippen LogP contribution in [-0.2, 0) is 15.7 Å². The zero-order chi connectivity index (χ0) is 19.8. The molecule has 1 aliphatic rings. The Kier molecular flexibility index (Phi) is 4.82. The highest BCUT2D eigenvalue weighted by molar-refractivity contribution is 5.95. The minimum absolute atomic E-state index is 0.00403. The topological polar surface area (TPSA) is 71.5 Å². The van der Waals surface area contributed by atoms with Gasteiger partial charge in [0.25, 0.3) is 0 Å². The molecule has 0 saturated carbocycles. The van der Waals surface area contributed by atoms with Gasteiger partial charge in [-0.25, -0.2) is 9.78 Å². The molecule has 2 aromatic rings. The number of aromatic nitrogens is 1. The Morgan fingerprint density at radius 3 is 2.67 bits per heavy atom. The predicted octanol–water partition coefficient (Wildman–Crippen LogP) is 4.20. The van der Waals surface area contributed by atoms with E-state index in [0.29, 0.717) is 11.4 Å². The molecule has 0 saturated heterocycles. The second-order valence-corrected chi connectivity index (χ2v) is 6.00. The van der Waals surface area contributed by atoms with Gasteiger partial charge in [-0.15, -0.1) is 0 Å². The summed E-state index contributed by atoms with van der Waals surface area (Å²) < 4.78 is 45.9. The number of anilines is 1. The number of hydrogen-bond donors (Lipinski definition) is 2. The lowest BCUT2D eigenvalue weighted by Crippen LogP contribution is -2.26. The summed E-state index contributed by atoms with van der Waals surface area (Å²) in [5.41, 5.74) is -0.199. The van der Waals surface area contributed by atoms with Crippen molar-refractivity contribution in [2.45, 2.75) is 25.9 Å². The summed E-state index contributed by atoms with van der Waals surface area (Å²) in [6, 6.07) is 6.50. The number of allylic oxidation sites excluding steroid dienone is 1. The highest BCUT2D eigenvalue weighted by Gasteiger charge is 2.41. The Hall–Kier alpha value is -3.03. The van der Waals surface area contributed by atoms with E-state index >= 15 is 0 Å². The number of alkyl halides is 3. The van der Waals surface area contributed by atoms with Crippen molar-refractivity contribution in [3.8, 4) is 5.88 Å². The van der Waals surface area contributed by atoms with Crippen LogP contribution < -0.4 is 5.32 Å². The first kappa shape index (κ1) is 18.8. The van der Waals surface area contributed by atoms with E-state index < -0.39 is 29.5 Å². The average Bonchev–Trinajstić information content (AvgIpc) is 2.60. The van der Waals surface area contributed by atoms with Crippen LogP contribution in [0.1, 0.15) is 36.5 Å². The highest BCUT2D eigenvalue weighted by Crippen LogP contribution is 2.48. The van der Waals surface area contributed by atoms with Crippen molar-refractivity contribution in [3.05, 3.63) is 64.5 Å². The number of aromatic hydroxyl groups is 1. The molecule has 1 atom stereocenters. The van der Waals surface area contributed by atoms with Crippen LogP contribution >= 0.6 is 0 Å². The third-order valence-corrected chi connectivity index (χ3v) is 4.35. The molecule has 1 aromatic heterocycles. The van der Waals surface area contributed by atoms with E-state index in [-0.39, 0.29) is 23.3 Å². The van der Waals surface area contributed by atoms with Crippen LogP contribution in [0.2, 0.25) is 0 Å².